The van der Waals surface area contributed by atoms with Gasteiger partial charge in [-0.15, -0.1) is 0 Å². The van der Waals surface area contributed by atoms with E-state index in [0.717, 1.165) is 37.4 Å². The molecule has 1 aromatic heterocycles. The van der Waals surface area contributed by atoms with E-state index in [9.17, 15) is 4.79 Å². The van der Waals surface area contributed by atoms with Crippen LogP contribution >= 0.6 is 0 Å². The monoisotopic (exact) mass is 234 g/mol. The molecule has 0 atom stereocenters. The highest BCUT2D eigenvalue weighted by molar-refractivity contribution is 5.73. The minimum absolute atomic E-state index is 0.153. The molecule has 0 bridgehead atoms. The van der Waals surface area contributed by atoms with Crippen LogP contribution in [0.25, 0.3) is 0 Å². The lowest BCUT2D eigenvalue weighted by Gasteiger charge is -2.31. The quantitative estimate of drug-likeness (QED) is 0.783. The van der Waals surface area contributed by atoms with E-state index in [4.69, 9.17) is 4.74 Å². The van der Waals surface area contributed by atoms with E-state index in [1.54, 1.807) is 13.1 Å². The number of carbonyl (C=O) groups excluding carboxylic acids is 1. The van der Waals surface area contributed by atoms with E-state index in [-0.39, 0.29) is 12.0 Å². The number of rotatable bonds is 2. The van der Waals surface area contributed by atoms with Gasteiger partial charge in [0.2, 0.25) is 5.91 Å². The topological polar surface area (TPSA) is 42.4 Å². The van der Waals surface area contributed by atoms with Crippen LogP contribution in [0.4, 0.5) is 0 Å². The summed E-state index contributed by atoms with van der Waals surface area (Å²) in [7, 11) is 0. The first-order valence-electron chi connectivity index (χ1n) is 6.00. The molecule has 2 rings (SSSR count). The number of pyridine rings is 1. The van der Waals surface area contributed by atoms with Crippen molar-refractivity contribution in [3.63, 3.8) is 0 Å². The maximum absolute atomic E-state index is 11.2. The fourth-order valence-corrected chi connectivity index (χ4v) is 2.00. The van der Waals surface area contributed by atoms with E-state index in [2.05, 4.69) is 4.98 Å². The Kier molecular flexibility index (Phi) is 3.61. The highest BCUT2D eigenvalue weighted by Crippen LogP contribution is 2.18. The van der Waals surface area contributed by atoms with Gasteiger partial charge in [0.15, 0.2) is 0 Å². The summed E-state index contributed by atoms with van der Waals surface area (Å²) in [6, 6.07) is 3.89. The largest absolute Gasteiger partial charge is 0.489 e. The fourth-order valence-electron chi connectivity index (χ4n) is 2.00. The Hall–Kier alpha value is -1.58. The maximum Gasteiger partial charge on any atom is 0.219 e. The van der Waals surface area contributed by atoms with Crippen molar-refractivity contribution >= 4 is 5.91 Å². The Bertz CT molecular complexity index is 381. The number of carbonyl (C=O) groups is 1. The molecule has 1 amide bonds. The molecule has 4 nitrogen and oxygen atoms in total. The molecule has 0 radical (unpaired) electrons. The Morgan fingerprint density at radius 3 is 2.65 bits per heavy atom. The van der Waals surface area contributed by atoms with Crippen LogP contribution in [0.2, 0.25) is 0 Å². The van der Waals surface area contributed by atoms with E-state index in [1.807, 2.05) is 24.0 Å². The van der Waals surface area contributed by atoms with E-state index >= 15 is 0 Å². The third-order valence-electron chi connectivity index (χ3n) is 3.07. The molecule has 17 heavy (non-hydrogen) atoms. The Labute approximate surface area is 102 Å². The summed E-state index contributed by atoms with van der Waals surface area (Å²) < 4.78 is 5.84. The van der Waals surface area contributed by atoms with Crippen molar-refractivity contribution in [3.05, 3.63) is 24.0 Å². The highest BCUT2D eigenvalue weighted by Gasteiger charge is 2.21. The van der Waals surface area contributed by atoms with Crippen LogP contribution in [-0.2, 0) is 4.79 Å². The molecule has 0 saturated carbocycles. The second-order valence-corrected chi connectivity index (χ2v) is 4.46. The molecule has 1 fully saturated rings. The predicted molar refractivity (Wildman–Crippen MR) is 64.9 cm³/mol. The van der Waals surface area contributed by atoms with Gasteiger partial charge in [-0.2, -0.15) is 0 Å². The Morgan fingerprint density at radius 1 is 1.41 bits per heavy atom. The molecule has 92 valence electrons. The van der Waals surface area contributed by atoms with Crippen molar-refractivity contribution in [2.45, 2.75) is 32.8 Å². The summed E-state index contributed by atoms with van der Waals surface area (Å²) in [6.07, 6.45) is 3.75. The number of aromatic nitrogens is 1. The van der Waals surface area contributed by atoms with Crippen LogP contribution in [0.1, 0.15) is 25.5 Å². The van der Waals surface area contributed by atoms with E-state index in [1.165, 1.54) is 0 Å². The number of aryl methyl sites for hydroxylation is 1. The van der Waals surface area contributed by atoms with E-state index < -0.39 is 0 Å². The van der Waals surface area contributed by atoms with Gasteiger partial charge in [-0.3, -0.25) is 9.78 Å². The fraction of sp³-hybridized carbons (Fsp3) is 0.538. The third kappa shape index (κ3) is 3.19. The summed E-state index contributed by atoms with van der Waals surface area (Å²) in [5, 5.41) is 0. The number of hydrogen-bond donors (Lipinski definition) is 0. The first kappa shape index (κ1) is 11.9. The molecule has 1 aliphatic heterocycles. The molecule has 0 unspecified atom stereocenters. The summed E-state index contributed by atoms with van der Waals surface area (Å²) >= 11 is 0. The number of likely N-dealkylation sites (tertiary alicyclic amines) is 1. The lowest BCUT2D eigenvalue weighted by Crippen LogP contribution is -2.40. The normalized spacial score (nSPS) is 16.9. The van der Waals surface area contributed by atoms with Crippen LogP contribution in [0.3, 0.4) is 0 Å². The number of piperidine rings is 1. The number of ether oxygens (including phenoxy) is 1. The molecule has 2 heterocycles. The van der Waals surface area contributed by atoms with Crippen molar-refractivity contribution in [3.8, 4) is 5.75 Å². The summed E-state index contributed by atoms with van der Waals surface area (Å²) in [4.78, 5) is 17.2. The molecular weight excluding hydrogens is 216 g/mol. The second kappa shape index (κ2) is 5.17. The standard InChI is InChI=1S/C13H18N2O2/c1-10-3-4-13(9-14-10)17-12-5-7-15(8-6-12)11(2)16/h3-4,9,12H,5-8H2,1-2H3. The highest BCUT2D eigenvalue weighted by atomic mass is 16.5. The van der Waals surface area contributed by atoms with Crippen LogP contribution in [0.5, 0.6) is 5.75 Å². The van der Waals surface area contributed by atoms with Gasteiger partial charge >= 0.3 is 0 Å². The minimum atomic E-state index is 0.153. The minimum Gasteiger partial charge on any atom is -0.489 e. The zero-order chi connectivity index (χ0) is 12.3. The van der Waals surface area contributed by atoms with Gasteiger partial charge < -0.3 is 9.64 Å². The van der Waals surface area contributed by atoms with Gasteiger partial charge in [0, 0.05) is 38.5 Å². The molecule has 0 spiro atoms. The van der Waals surface area contributed by atoms with Gasteiger partial charge in [0.05, 0.1) is 6.20 Å². The van der Waals surface area contributed by atoms with Crippen LogP contribution in [0.15, 0.2) is 18.3 Å². The summed E-state index contributed by atoms with van der Waals surface area (Å²) in [5.41, 5.74) is 0.990. The molecular formula is C13H18N2O2. The molecule has 1 aromatic rings. The SMILES string of the molecule is CC(=O)N1CCC(Oc2ccc(C)nc2)CC1. The molecule has 0 aromatic carbocycles. The predicted octanol–water partition coefficient (Wildman–Crippen LogP) is 1.78. The molecule has 0 aliphatic carbocycles. The van der Waals surface area contributed by atoms with Crippen molar-refractivity contribution in [1.29, 1.82) is 0 Å². The first-order valence-corrected chi connectivity index (χ1v) is 6.00. The second-order valence-electron chi connectivity index (χ2n) is 4.46. The third-order valence-corrected chi connectivity index (χ3v) is 3.07. The average Bonchev–Trinajstić information content (AvgIpc) is 2.33. The van der Waals surface area contributed by atoms with Crippen molar-refractivity contribution in [2.75, 3.05) is 13.1 Å². The lowest BCUT2D eigenvalue weighted by atomic mass is 10.1. The van der Waals surface area contributed by atoms with Gasteiger partial charge in [-0.25, -0.2) is 0 Å². The zero-order valence-electron chi connectivity index (χ0n) is 10.3. The van der Waals surface area contributed by atoms with E-state index in [0.29, 0.717) is 0 Å². The number of nitrogens with zero attached hydrogens (tertiary/aromatic N) is 2. The average molecular weight is 234 g/mol. The van der Waals surface area contributed by atoms with Crippen molar-refractivity contribution < 1.29 is 9.53 Å². The van der Waals surface area contributed by atoms with Crippen molar-refractivity contribution in [1.82, 2.24) is 9.88 Å². The van der Waals surface area contributed by atoms with Gasteiger partial charge in [-0.05, 0) is 19.1 Å². The van der Waals surface area contributed by atoms with Gasteiger partial charge in [0.25, 0.3) is 0 Å². The Balaban J connectivity index is 1.85. The molecule has 1 saturated heterocycles. The zero-order valence-corrected chi connectivity index (χ0v) is 10.3. The van der Waals surface area contributed by atoms with Crippen LogP contribution in [-0.4, -0.2) is 35.0 Å². The first-order chi connectivity index (χ1) is 8.15. The van der Waals surface area contributed by atoms with Crippen LogP contribution in [0, 0.1) is 6.92 Å². The molecule has 1 aliphatic rings. The molecule has 0 N–H and O–H groups in total. The van der Waals surface area contributed by atoms with Crippen molar-refractivity contribution in [2.24, 2.45) is 0 Å². The maximum atomic E-state index is 11.2. The lowest BCUT2D eigenvalue weighted by molar-refractivity contribution is -0.130. The number of amides is 1. The number of hydrogen-bond acceptors (Lipinski definition) is 3. The van der Waals surface area contributed by atoms with Crippen LogP contribution < -0.4 is 4.74 Å². The van der Waals surface area contributed by atoms with Gasteiger partial charge in [-0.1, -0.05) is 0 Å². The smallest absolute Gasteiger partial charge is 0.219 e. The van der Waals surface area contributed by atoms with Gasteiger partial charge in [0.1, 0.15) is 11.9 Å². The summed E-state index contributed by atoms with van der Waals surface area (Å²) in [5.74, 6) is 0.970. The summed E-state index contributed by atoms with van der Waals surface area (Å²) in [6.45, 7) is 5.15. The Morgan fingerprint density at radius 2 is 2.12 bits per heavy atom. The molecule has 4 heteroatoms.